The van der Waals surface area contributed by atoms with E-state index in [9.17, 15) is 4.79 Å². The van der Waals surface area contributed by atoms with E-state index < -0.39 is 0 Å². The fraction of sp³-hybridized carbons (Fsp3) is 0.571. The van der Waals surface area contributed by atoms with Crippen LogP contribution in [0.2, 0.25) is 0 Å². The van der Waals surface area contributed by atoms with Gasteiger partial charge in [-0.1, -0.05) is 24.8 Å². The molecule has 3 rings (SSSR count). The monoisotopic (exact) mass is 356 g/mol. The quantitative estimate of drug-likeness (QED) is 0.807. The van der Waals surface area contributed by atoms with Crippen molar-refractivity contribution in [1.82, 2.24) is 14.7 Å². The largest absolute Gasteiger partial charge is 0.368 e. The summed E-state index contributed by atoms with van der Waals surface area (Å²) in [5.41, 5.74) is 2.37. The Balaban J connectivity index is 1.44. The Bertz CT molecular complexity index is 597. The van der Waals surface area contributed by atoms with Crippen molar-refractivity contribution in [2.45, 2.75) is 19.9 Å². The fourth-order valence-electron chi connectivity index (χ4n) is 3.76. The zero-order valence-corrected chi connectivity index (χ0v) is 16.2. The third-order valence-electron chi connectivity index (χ3n) is 5.62. The van der Waals surface area contributed by atoms with Gasteiger partial charge < -0.3 is 9.80 Å². The Morgan fingerprint density at radius 3 is 2.15 bits per heavy atom. The normalized spacial score (nSPS) is 19.8. The highest BCUT2D eigenvalue weighted by Gasteiger charge is 2.25. The molecule has 26 heavy (non-hydrogen) atoms. The second-order valence-corrected chi connectivity index (χ2v) is 7.57. The molecule has 0 aliphatic carbocycles. The van der Waals surface area contributed by atoms with Crippen LogP contribution in [0, 0.1) is 0 Å². The number of rotatable bonds is 5. The predicted octanol–water partition coefficient (Wildman–Crippen LogP) is 2.00. The van der Waals surface area contributed by atoms with Gasteiger partial charge in [-0.2, -0.15) is 0 Å². The average molecular weight is 357 g/mol. The van der Waals surface area contributed by atoms with E-state index in [2.05, 4.69) is 59.4 Å². The van der Waals surface area contributed by atoms with Gasteiger partial charge in [0.1, 0.15) is 0 Å². The Hall–Kier alpha value is -1.85. The van der Waals surface area contributed by atoms with Crippen LogP contribution in [0.25, 0.3) is 6.08 Å². The van der Waals surface area contributed by atoms with Gasteiger partial charge in [0.05, 0.1) is 6.54 Å². The molecule has 5 heteroatoms. The summed E-state index contributed by atoms with van der Waals surface area (Å²) < 4.78 is 0. The number of hydrogen-bond donors (Lipinski definition) is 0. The topological polar surface area (TPSA) is 30.0 Å². The third kappa shape index (κ3) is 4.65. The molecule has 5 nitrogen and oxygen atoms in total. The Labute approximate surface area is 157 Å². The van der Waals surface area contributed by atoms with E-state index in [1.807, 2.05) is 11.0 Å². The number of hydrogen-bond acceptors (Lipinski definition) is 4. The Kier molecular flexibility index (Phi) is 6.33. The van der Waals surface area contributed by atoms with Crippen LogP contribution in [-0.2, 0) is 4.79 Å². The lowest BCUT2D eigenvalue weighted by molar-refractivity contribution is -0.133. The van der Waals surface area contributed by atoms with Crippen molar-refractivity contribution in [2.75, 3.05) is 63.8 Å². The van der Waals surface area contributed by atoms with Gasteiger partial charge in [-0.25, -0.2) is 0 Å². The smallest absolute Gasteiger partial charge is 0.236 e. The lowest BCUT2D eigenvalue weighted by atomic mass is 10.2. The van der Waals surface area contributed by atoms with Gasteiger partial charge in [-0.05, 0) is 31.5 Å². The molecule has 1 amide bonds. The van der Waals surface area contributed by atoms with Crippen LogP contribution in [0.1, 0.15) is 19.4 Å². The standard InChI is InChI=1S/C21H32N4O/c1-4-19-5-7-20(8-6-19)24-13-15-25(16-14-24)21(26)17-22-9-11-23(12-10-22)18(2)3/h4-8,18H,1,9-17H2,2-3H3. The number of carbonyl (C=O) groups is 1. The maximum Gasteiger partial charge on any atom is 0.236 e. The van der Waals surface area contributed by atoms with Gasteiger partial charge >= 0.3 is 0 Å². The van der Waals surface area contributed by atoms with Crippen molar-refractivity contribution >= 4 is 17.7 Å². The first-order valence-corrected chi connectivity index (χ1v) is 9.78. The summed E-state index contributed by atoms with van der Waals surface area (Å²) in [4.78, 5) is 21.8. The van der Waals surface area contributed by atoms with Crippen molar-refractivity contribution in [3.63, 3.8) is 0 Å². The lowest BCUT2D eigenvalue weighted by Gasteiger charge is -2.39. The van der Waals surface area contributed by atoms with Crippen LogP contribution in [0.4, 0.5) is 5.69 Å². The number of anilines is 1. The highest BCUT2D eigenvalue weighted by atomic mass is 16.2. The maximum absolute atomic E-state index is 12.6. The van der Waals surface area contributed by atoms with E-state index in [0.29, 0.717) is 12.6 Å². The fourth-order valence-corrected chi connectivity index (χ4v) is 3.76. The molecule has 0 saturated carbocycles. The molecule has 0 bridgehead atoms. The second-order valence-electron chi connectivity index (χ2n) is 7.57. The molecule has 0 N–H and O–H groups in total. The van der Waals surface area contributed by atoms with Crippen molar-refractivity contribution in [3.8, 4) is 0 Å². The predicted molar refractivity (Wildman–Crippen MR) is 108 cm³/mol. The molecule has 2 aliphatic heterocycles. The van der Waals surface area contributed by atoms with E-state index in [1.165, 1.54) is 5.69 Å². The Morgan fingerprint density at radius 2 is 1.62 bits per heavy atom. The number of nitrogens with zero attached hydrogens (tertiary/aromatic N) is 4. The summed E-state index contributed by atoms with van der Waals surface area (Å²) in [6.07, 6.45) is 1.86. The zero-order chi connectivity index (χ0) is 18.5. The summed E-state index contributed by atoms with van der Waals surface area (Å²) in [7, 11) is 0. The molecule has 0 radical (unpaired) electrons. The molecule has 142 valence electrons. The summed E-state index contributed by atoms with van der Waals surface area (Å²) in [5.74, 6) is 0.282. The SMILES string of the molecule is C=Cc1ccc(N2CCN(C(=O)CN3CCN(C(C)C)CC3)CC2)cc1. The molecule has 2 fully saturated rings. The van der Waals surface area contributed by atoms with E-state index >= 15 is 0 Å². The number of carbonyl (C=O) groups excluding carboxylic acids is 1. The minimum absolute atomic E-state index is 0.282. The minimum Gasteiger partial charge on any atom is -0.368 e. The van der Waals surface area contributed by atoms with E-state index in [-0.39, 0.29) is 5.91 Å². The van der Waals surface area contributed by atoms with Gasteiger partial charge in [0.15, 0.2) is 0 Å². The molecule has 0 unspecified atom stereocenters. The van der Waals surface area contributed by atoms with Crippen LogP contribution in [0.3, 0.4) is 0 Å². The number of amides is 1. The highest BCUT2D eigenvalue weighted by molar-refractivity contribution is 5.78. The van der Waals surface area contributed by atoms with Crippen molar-refractivity contribution in [3.05, 3.63) is 36.4 Å². The molecular formula is C21H32N4O. The van der Waals surface area contributed by atoms with Crippen LogP contribution < -0.4 is 4.90 Å². The summed E-state index contributed by atoms with van der Waals surface area (Å²) in [6.45, 7) is 16.4. The molecule has 1 aromatic rings. The van der Waals surface area contributed by atoms with Crippen molar-refractivity contribution < 1.29 is 4.79 Å². The van der Waals surface area contributed by atoms with E-state index in [1.54, 1.807) is 0 Å². The lowest BCUT2D eigenvalue weighted by Crippen LogP contribution is -2.54. The molecule has 1 aromatic carbocycles. The molecule has 0 spiro atoms. The van der Waals surface area contributed by atoms with E-state index in [4.69, 9.17) is 0 Å². The summed E-state index contributed by atoms with van der Waals surface area (Å²) in [6, 6.07) is 9.07. The molecule has 2 heterocycles. The van der Waals surface area contributed by atoms with Gasteiger partial charge in [0.2, 0.25) is 5.91 Å². The van der Waals surface area contributed by atoms with Crippen LogP contribution in [0.15, 0.2) is 30.8 Å². The third-order valence-corrected chi connectivity index (χ3v) is 5.62. The Morgan fingerprint density at radius 1 is 1.00 bits per heavy atom. The molecule has 0 atom stereocenters. The van der Waals surface area contributed by atoms with Gasteiger partial charge in [-0.15, -0.1) is 0 Å². The van der Waals surface area contributed by atoms with Crippen LogP contribution in [-0.4, -0.2) is 85.6 Å². The minimum atomic E-state index is 0.282. The number of benzene rings is 1. The van der Waals surface area contributed by atoms with Crippen LogP contribution >= 0.6 is 0 Å². The average Bonchev–Trinajstić information content (AvgIpc) is 2.68. The first kappa shape index (κ1) is 18.9. The molecule has 2 saturated heterocycles. The molecule has 2 aliphatic rings. The molecule has 0 aromatic heterocycles. The van der Waals surface area contributed by atoms with Crippen LogP contribution in [0.5, 0.6) is 0 Å². The highest BCUT2D eigenvalue weighted by Crippen LogP contribution is 2.18. The maximum atomic E-state index is 12.6. The summed E-state index contributed by atoms with van der Waals surface area (Å²) >= 11 is 0. The van der Waals surface area contributed by atoms with Gasteiger partial charge in [0, 0.05) is 64.1 Å². The van der Waals surface area contributed by atoms with E-state index in [0.717, 1.165) is 57.9 Å². The summed E-state index contributed by atoms with van der Waals surface area (Å²) in [5, 5.41) is 0. The van der Waals surface area contributed by atoms with Gasteiger partial charge in [0.25, 0.3) is 0 Å². The van der Waals surface area contributed by atoms with Crippen molar-refractivity contribution in [1.29, 1.82) is 0 Å². The molecular weight excluding hydrogens is 324 g/mol. The zero-order valence-electron chi connectivity index (χ0n) is 16.2. The second kappa shape index (κ2) is 8.69. The first-order chi connectivity index (χ1) is 12.6. The number of piperazine rings is 2. The first-order valence-electron chi connectivity index (χ1n) is 9.78. The van der Waals surface area contributed by atoms with Crippen molar-refractivity contribution in [2.24, 2.45) is 0 Å². The van der Waals surface area contributed by atoms with Gasteiger partial charge in [-0.3, -0.25) is 14.6 Å².